The number of aryl methyl sites for hydroxylation is 1. The minimum absolute atomic E-state index is 0.0492. The van der Waals surface area contributed by atoms with Crippen molar-refractivity contribution in [1.29, 1.82) is 0 Å². The summed E-state index contributed by atoms with van der Waals surface area (Å²) in [5.41, 5.74) is 5.21. The quantitative estimate of drug-likeness (QED) is 0.759. The van der Waals surface area contributed by atoms with E-state index in [4.69, 9.17) is 21.8 Å². The lowest BCUT2D eigenvalue weighted by Crippen LogP contribution is -2.25. The normalized spacial score (nSPS) is 12.5. The second-order valence-electron chi connectivity index (χ2n) is 5.54. The standard InChI is InChI=1S/C17H14ClFN2O3/c1-8-2-3-9(24-8)6-11(17(20)23)13-7-14(22)10-4-5-12(18)15(19)16(10)21-13/h2-5,7,11H,6H2,1H3,(H2,20,23)(H,21,22)/t11-/m1/s1. The fourth-order valence-corrected chi connectivity index (χ4v) is 2.78. The summed E-state index contributed by atoms with van der Waals surface area (Å²) >= 11 is 5.76. The molecule has 5 nitrogen and oxygen atoms in total. The highest BCUT2D eigenvalue weighted by molar-refractivity contribution is 6.31. The molecule has 0 spiro atoms. The molecule has 1 amide bonds. The monoisotopic (exact) mass is 348 g/mol. The number of nitrogens with two attached hydrogens (primary N) is 1. The zero-order chi connectivity index (χ0) is 17.4. The Bertz CT molecular complexity index is 993. The van der Waals surface area contributed by atoms with Crippen LogP contribution in [0, 0.1) is 12.7 Å². The van der Waals surface area contributed by atoms with E-state index in [0.29, 0.717) is 11.5 Å². The van der Waals surface area contributed by atoms with Crippen LogP contribution in [0.15, 0.2) is 39.5 Å². The van der Waals surface area contributed by atoms with E-state index >= 15 is 0 Å². The van der Waals surface area contributed by atoms with Crippen molar-refractivity contribution >= 4 is 28.4 Å². The Hall–Kier alpha value is -2.60. The van der Waals surface area contributed by atoms with Gasteiger partial charge in [-0.25, -0.2) is 4.39 Å². The van der Waals surface area contributed by atoms with E-state index in [0.717, 1.165) is 0 Å². The van der Waals surface area contributed by atoms with E-state index in [1.165, 1.54) is 18.2 Å². The number of carbonyl (C=O) groups excluding carboxylic acids is 1. The number of amides is 1. The highest BCUT2D eigenvalue weighted by atomic mass is 35.5. The predicted octanol–water partition coefficient (Wildman–Crippen LogP) is 3.03. The average Bonchev–Trinajstić information content (AvgIpc) is 2.94. The van der Waals surface area contributed by atoms with Crippen molar-refractivity contribution in [2.24, 2.45) is 5.73 Å². The summed E-state index contributed by atoms with van der Waals surface area (Å²) < 4.78 is 19.7. The maximum atomic E-state index is 14.2. The molecule has 0 unspecified atom stereocenters. The number of hydrogen-bond donors (Lipinski definition) is 2. The van der Waals surface area contributed by atoms with Gasteiger partial charge in [-0.1, -0.05) is 11.6 Å². The Balaban J connectivity index is 2.12. The lowest BCUT2D eigenvalue weighted by Gasteiger charge is -2.14. The Morgan fingerprint density at radius 3 is 2.75 bits per heavy atom. The van der Waals surface area contributed by atoms with Crippen molar-refractivity contribution in [3.63, 3.8) is 0 Å². The first-order chi connectivity index (χ1) is 11.4. The minimum atomic E-state index is -0.856. The second kappa shape index (κ2) is 6.13. The van der Waals surface area contributed by atoms with Crippen LogP contribution >= 0.6 is 11.6 Å². The summed E-state index contributed by atoms with van der Waals surface area (Å²) in [6.45, 7) is 1.78. The van der Waals surface area contributed by atoms with Gasteiger partial charge in [0.25, 0.3) is 0 Å². The Morgan fingerprint density at radius 2 is 2.12 bits per heavy atom. The Morgan fingerprint density at radius 1 is 1.38 bits per heavy atom. The summed E-state index contributed by atoms with van der Waals surface area (Å²) in [6.07, 6.45) is 0.160. The van der Waals surface area contributed by atoms with E-state index in [9.17, 15) is 14.0 Å². The first-order valence-electron chi connectivity index (χ1n) is 7.22. The van der Waals surface area contributed by atoms with E-state index in [1.54, 1.807) is 19.1 Å². The smallest absolute Gasteiger partial charge is 0.226 e. The highest BCUT2D eigenvalue weighted by Crippen LogP contribution is 2.25. The van der Waals surface area contributed by atoms with Crippen molar-refractivity contribution in [2.45, 2.75) is 19.3 Å². The molecule has 0 fully saturated rings. The van der Waals surface area contributed by atoms with Crippen LogP contribution in [0.1, 0.15) is 23.1 Å². The van der Waals surface area contributed by atoms with Crippen LogP contribution in [0.5, 0.6) is 0 Å². The molecular formula is C17H14ClFN2O3. The molecule has 24 heavy (non-hydrogen) atoms. The lowest BCUT2D eigenvalue weighted by atomic mass is 9.97. The van der Waals surface area contributed by atoms with Gasteiger partial charge in [0.15, 0.2) is 11.2 Å². The summed E-state index contributed by atoms with van der Waals surface area (Å²) in [5.74, 6) is -1.01. The van der Waals surface area contributed by atoms with E-state index in [-0.39, 0.29) is 28.0 Å². The van der Waals surface area contributed by atoms with Gasteiger partial charge in [-0.3, -0.25) is 9.59 Å². The summed E-state index contributed by atoms with van der Waals surface area (Å²) in [7, 11) is 0. The van der Waals surface area contributed by atoms with Gasteiger partial charge in [0.1, 0.15) is 11.5 Å². The van der Waals surface area contributed by atoms with E-state index in [2.05, 4.69) is 4.98 Å². The number of rotatable bonds is 4. The number of carbonyl (C=O) groups is 1. The molecule has 3 aromatic rings. The molecule has 7 heteroatoms. The highest BCUT2D eigenvalue weighted by Gasteiger charge is 2.23. The van der Waals surface area contributed by atoms with Crippen LogP contribution in [0.2, 0.25) is 5.02 Å². The molecule has 0 aliphatic heterocycles. The fraction of sp³-hybridized carbons (Fsp3) is 0.176. The Kier molecular flexibility index (Phi) is 4.15. The van der Waals surface area contributed by atoms with Crippen molar-refractivity contribution in [2.75, 3.05) is 0 Å². The van der Waals surface area contributed by atoms with Crippen LogP contribution in [0.25, 0.3) is 10.9 Å². The number of hydrogen-bond acceptors (Lipinski definition) is 3. The molecule has 0 aliphatic rings. The van der Waals surface area contributed by atoms with E-state index < -0.39 is 23.1 Å². The summed E-state index contributed by atoms with van der Waals surface area (Å²) in [5, 5.41) is 0.0327. The molecule has 2 aromatic heterocycles. The van der Waals surface area contributed by atoms with Gasteiger partial charge in [0, 0.05) is 23.6 Å². The van der Waals surface area contributed by atoms with Gasteiger partial charge in [-0.15, -0.1) is 0 Å². The first-order valence-corrected chi connectivity index (χ1v) is 7.60. The van der Waals surface area contributed by atoms with Gasteiger partial charge in [-0.2, -0.15) is 0 Å². The largest absolute Gasteiger partial charge is 0.466 e. The molecule has 2 heterocycles. The van der Waals surface area contributed by atoms with Crippen molar-refractivity contribution < 1.29 is 13.6 Å². The van der Waals surface area contributed by atoms with Crippen LogP contribution in [0.4, 0.5) is 4.39 Å². The fourth-order valence-electron chi connectivity index (χ4n) is 2.63. The van der Waals surface area contributed by atoms with Gasteiger partial charge >= 0.3 is 0 Å². The number of fused-ring (bicyclic) bond motifs is 1. The number of nitrogens with one attached hydrogen (secondary N) is 1. The average molecular weight is 349 g/mol. The maximum Gasteiger partial charge on any atom is 0.226 e. The molecule has 0 bridgehead atoms. The van der Waals surface area contributed by atoms with E-state index in [1.807, 2.05) is 0 Å². The summed E-state index contributed by atoms with van der Waals surface area (Å²) in [4.78, 5) is 26.9. The lowest BCUT2D eigenvalue weighted by molar-refractivity contribution is -0.119. The molecule has 0 aliphatic carbocycles. The third kappa shape index (κ3) is 2.92. The summed E-state index contributed by atoms with van der Waals surface area (Å²) in [6, 6.07) is 7.47. The van der Waals surface area contributed by atoms with Crippen molar-refractivity contribution in [1.82, 2.24) is 4.98 Å². The number of primary amides is 1. The molecule has 3 rings (SSSR count). The second-order valence-corrected chi connectivity index (χ2v) is 5.95. The molecule has 0 saturated carbocycles. The zero-order valence-corrected chi connectivity index (χ0v) is 13.5. The Labute approximate surface area is 141 Å². The SMILES string of the molecule is Cc1ccc(C[C@@H](C(N)=O)c2cc(=O)c3ccc(Cl)c(F)c3[nH]2)o1. The third-order valence-electron chi connectivity index (χ3n) is 3.84. The molecule has 1 aromatic carbocycles. The zero-order valence-electron chi connectivity index (χ0n) is 12.7. The number of halogens is 2. The molecular weight excluding hydrogens is 335 g/mol. The number of aromatic amines is 1. The van der Waals surface area contributed by atoms with Gasteiger partial charge in [0.2, 0.25) is 5.91 Å². The molecule has 3 N–H and O–H groups in total. The molecule has 0 radical (unpaired) electrons. The van der Waals surface area contributed by atoms with Gasteiger partial charge in [0.05, 0.1) is 16.5 Å². The van der Waals surface area contributed by atoms with Gasteiger partial charge < -0.3 is 15.1 Å². The molecule has 124 valence electrons. The first kappa shape index (κ1) is 16.3. The third-order valence-corrected chi connectivity index (χ3v) is 4.13. The van der Waals surface area contributed by atoms with Crippen molar-refractivity contribution in [3.05, 3.63) is 68.6 Å². The number of benzene rings is 1. The van der Waals surface area contributed by atoms with Crippen LogP contribution in [-0.2, 0) is 11.2 Å². The van der Waals surface area contributed by atoms with Gasteiger partial charge in [-0.05, 0) is 31.2 Å². The topological polar surface area (TPSA) is 89.1 Å². The molecule has 1 atom stereocenters. The number of pyridine rings is 1. The minimum Gasteiger partial charge on any atom is -0.466 e. The maximum absolute atomic E-state index is 14.2. The molecule has 0 saturated heterocycles. The van der Waals surface area contributed by atoms with Crippen LogP contribution in [-0.4, -0.2) is 10.9 Å². The predicted molar refractivity (Wildman–Crippen MR) is 88.6 cm³/mol. The van der Waals surface area contributed by atoms with Crippen molar-refractivity contribution in [3.8, 4) is 0 Å². The number of aromatic nitrogens is 1. The number of furan rings is 1. The number of H-pyrrole nitrogens is 1. The van der Waals surface area contributed by atoms with Crippen LogP contribution < -0.4 is 11.2 Å². The van der Waals surface area contributed by atoms with Crippen LogP contribution in [0.3, 0.4) is 0 Å².